The highest BCUT2D eigenvalue weighted by Gasteiger charge is 2.13. The summed E-state index contributed by atoms with van der Waals surface area (Å²) in [6.07, 6.45) is 23.5. The fraction of sp³-hybridized carbons (Fsp3) is 0.955. The van der Waals surface area contributed by atoms with Crippen LogP contribution in [0.2, 0.25) is 0 Å². The summed E-state index contributed by atoms with van der Waals surface area (Å²) >= 11 is 0. The first-order valence-corrected chi connectivity index (χ1v) is 10.9. The van der Waals surface area contributed by atoms with Crippen LogP contribution in [0.15, 0.2) is 0 Å². The molecule has 0 amide bonds. The highest BCUT2D eigenvalue weighted by molar-refractivity contribution is 5.69. The van der Waals surface area contributed by atoms with Crippen LogP contribution in [0.1, 0.15) is 129 Å². The largest absolute Gasteiger partial charge is 0.481 e. The molecule has 0 aromatic rings. The van der Waals surface area contributed by atoms with Gasteiger partial charge in [0.1, 0.15) is 0 Å². The third kappa shape index (κ3) is 16.3. The predicted molar refractivity (Wildman–Crippen MR) is 106 cm³/mol. The lowest BCUT2D eigenvalue weighted by Gasteiger charge is -2.08. The molecule has 0 heterocycles. The second-order valence-electron chi connectivity index (χ2n) is 7.54. The van der Waals surface area contributed by atoms with E-state index in [2.05, 4.69) is 6.92 Å². The van der Waals surface area contributed by atoms with Gasteiger partial charge in [-0.2, -0.15) is 0 Å². The fourth-order valence-electron chi connectivity index (χ4n) is 3.44. The maximum Gasteiger partial charge on any atom is 0.306 e. The van der Waals surface area contributed by atoms with E-state index >= 15 is 0 Å². The van der Waals surface area contributed by atoms with E-state index in [4.69, 9.17) is 5.11 Å². The highest BCUT2D eigenvalue weighted by Crippen LogP contribution is 2.16. The van der Waals surface area contributed by atoms with Crippen LogP contribution in [-0.4, -0.2) is 11.1 Å². The molecule has 0 fully saturated rings. The van der Waals surface area contributed by atoms with Crippen LogP contribution in [0.3, 0.4) is 0 Å². The first kappa shape index (κ1) is 23.5. The SMILES string of the molecule is CCCCCCCCCCCCCCCCCC[C@@H](CC)C(=O)O. The Morgan fingerprint density at radius 2 is 0.958 bits per heavy atom. The molecule has 0 rings (SSSR count). The predicted octanol–water partition coefficient (Wildman–Crippen LogP) is 7.75. The molecule has 24 heavy (non-hydrogen) atoms. The molecule has 0 saturated heterocycles. The van der Waals surface area contributed by atoms with Crippen molar-refractivity contribution >= 4 is 5.97 Å². The molecule has 144 valence electrons. The van der Waals surface area contributed by atoms with Crippen molar-refractivity contribution in [3.63, 3.8) is 0 Å². The van der Waals surface area contributed by atoms with Gasteiger partial charge in [0.2, 0.25) is 0 Å². The molecule has 0 bridgehead atoms. The number of hydrogen-bond donors (Lipinski definition) is 1. The van der Waals surface area contributed by atoms with Crippen LogP contribution in [0.4, 0.5) is 0 Å². The molecule has 0 radical (unpaired) electrons. The van der Waals surface area contributed by atoms with Gasteiger partial charge in [-0.25, -0.2) is 0 Å². The Balaban J connectivity index is 3.11. The zero-order valence-corrected chi connectivity index (χ0v) is 16.7. The fourth-order valence-corrected chi connectivity index (χ4v) is 3.44. The third-order valence-electron chi connectivity index (χ3n) is 5.25. The van der Waals surface area contributed by atoms with Crippen LogP contribution < -0.4 is 0 Å². The van der Waals surface area contributed by atoms with E-state index < -0.39 is 5.97 Å². The first-order valence-electron chi connectivity index (χ1n) is 10.9. The van der Waals surface area contributed by atoms with Gasteiger partial charge in [-0.1, -0.05) is 117 Å². The molecule has 0 unspecified atom stereocenters. The maximum absolute atomic E-state index is 10.9. The van der Waals surface area contributed by atoms with Crippen molar-refractivity contribution in [2.75, 3.05) is 0 Å². The van der Waals surface area contributed by atoms with Crippen LogP contribution >= 0.6 is 0 Å². The lowest BCUT2D eigenvalue weighted by atomic mass is 9.98. The van der Waals surface area contributed by atoms with E-state index in [0.29, 0.717) is 0 Å². The van der Waals surface area contributed by atoms with Gasteiger partial charge in [-0.3, -0.25) is 4.79 Å². The van der Waals surface area contributed by atoms with E-state index in [9.17, 15) is 4.79 Å². The number of rotatable bonds is 19. The Hall–Kier alpha value is -0.530. The van der Waals surface area contributed by atoms with Gasteiger partial charge < -0.3 is 5.11 Å². The number of aliphatic carboxylic acids is 1. The van der Waals surface area contributed by atoms with Crippen molar-refractivity contribution in [3.05, 3.63) is 0 Å². The van der Waals surface area contributed by atoms with Crippen molar-refractivity contribution in [2.45, 2.75) is 129 Å². The van der Waals surface area contributed by atoms with Crippen molar-refractivity contribution < 1.29 is 9.90 Å². The van der Waals surface area contributed by atoms with Gasteiger partial charge in [0.15, 0.2) is 0 Å². The van der Waals surface area contributed by atoms with Crippen molar-refractivity contribution in [1.29, 1.82) is 0 Å². The van der Waals surface area contributed by atoms with Crippen molar-refractivity contribution in [2.24, 2.45) is 5.92 Å². The molecular weight excluding hydrogens is 296 g/mol. The molecular formula is C22H44O2. The summed E-state index contributed by atoms with van der Waals surface area (Å²) in [5.41, 5.74) is 0. The van der Waals surface area contributed by atoms with E-state index in [-0.39, 0.29) is 5.92 Å². The Labute approximate surface area is 151 Å². The van der Waals surface area contributed by atoms with Gasteiger partial charge in [0.05, 0.1) is 5.92 Å². The molecule has 0 aliphatic rings. The van der Waals surface area contributed by atoms with E-state index in [1.54, 1.807) is 0 Å². The number of carboxylic acids is 1. The van der Waals surface area contributed by atoms with Gasteiger partial charge in [-0.15, -0.1) is 0 Å². The van der Waals surface area contributed by atoms with E-state index in [1.165, 1.54) is 96.3 Å². The lowest BCUT2D eigenvalue weighted by Crippen LogP contribution is -2.12. The van der Waals surface area contributed by atoms with Crippen LogP contribution in [0.5, 0.6) is 0 Å². The van der Waals surface area contributed by atoms with Gasteiger partial charge in [0, 0.05) is 0 Å². The summed E-state index contributed by atoms with van der Waals surface area (Å²) in [7, 11) is 0. The van der Waals surface area contributed by atoms with Crippen LogP contribution in [0.25, 0.3) is 0 Å². The number of unbranched alkanes of at least 4 members (excludes halogenated alkanes) is 15. The number of carboxylic acid groups (broad SMARTS) is 1. The lowest BCUT2D eigenvalue weighted by molar-refractivity contribution is -0.142. The summed E-state index contributed by atoms with van der Waals surface area (Å²) < 4.78 is 0. The van der Waals surface area contributed by atoms with Crippen LogP contribution in [0, 0.1) is 5.92 Å². The number of carbonyl (C=O) groups is 1. The summed E-state index contributed by atoms with van der Waals surface area (Å²) in [4.78, 5) is 10.9. The normalized spacial score (nSPS) is 12.4. The highest BCUT2D eigenvalue weighted by atomic mass is 16.4. The van der Waals surface area contributed by atoms with Crippen molar-refractivity contribution in [3.8, 4) is 0 Å². The molecule has 0 aliphatic heterocycles. The molecule has 0 aromatic heterocycles. The summed E-state index contributed by atoms with van der Waals surface area (Å²) in [6.45, 7) is 4.26. The average Bonchev–Trinajstić information content (AvgIpc) is 2.57. The maximum atomic E-state index is 10.9. The quantitative estimate of drug-likeness (QED) is 0.244. The number of hydrogen-bond acceptors (Lipinski definition) is 1. The van der Waals surface area contributed by atoms with Gasteiger partial charge in [-0.05, 0) is 12.8 Å². The molecule has 2 heteroatoms. The van der Waals surface area contributed by atoms with Gasteiger partial charge in [0.25, 0.3) is 0 Å². The molecule has 0 aromatic carbocycles. The monoisotopic (exact) mass is 340 g/mol. The minimum absolute atomic E-state index is 0.114. The van der Waals surface area contributed by atoms with Crippen LogP contribution in [-0.2, 0) is 4.79 Å². The minimum Gasteiger partial charge on any atom is -0.481 e. The second-order valence-corrected chi connectivity index (χ2v) is 7.54. The summed E-state index contributed by atoms with van der Waals surface area (Å²) in [6, 6.07) is 0. The van der Waals surface area contributed by atoms with E-state index in [1.807, 2.05) is 6.92 Å². The van der Waals surface area contributed by atoms with Gasteiger partial charge >= 0.3 is 5.97 Å². The third-order valence-corrected chi connectivity index (χ3v) is 5.25. The Morgan fingerprint density at radius 1 is 0.625 bits per heavy atom. The Morgan fingerprint density at radius 3 is 1.25 bits per heavy atom. The zero-order chi connectivity index (χ0) is 17.9. The molecule has 0 spiro atoms. The Kier molecular flexibility index (Phi) is 18.4. The smallest absolute Gasteiger partial charge is 0.306 e. The minimum atomic E-state index is -0.613. The molecule has 2 nitrogen and oxygen atoms in total. The first-order chi connectivity index (χ1) is 11.7. The summed E-state index contributed by atoms with van der Waals surface area (Å²) in [5.74, 6) is -0.727. The molecule has 1 atom stereocenters. The zero-order valence-electron chi connectivity index (χ0n) is 16.7. The standard InChI is InChI=1S/C22H44O2/c1-3-5-6-7-8-9-10-11-12-13-14-15-16-17-18-19-20-21(4-2)22(23)24/h21H,3-20H2,1-2H3,(H,23,24)/t21-/m1/s1. The topological polar surface area (TPSA) is 37.3 Å². The molecule has 0 aliphatic carbocycles. The average molecular weight is 341 g/mol. The Bertz CT molecular complexity index is 263. The second kappa shape index (κ2) is 18.8. The molecule has 0 saturated carbocycles. The molecule has 1 N–H and O–H groups in total. The van der Waals surface area contributed by atoms with Crippen molar-refractivity contribution in [1.82, 2.24) is 0 Å². The van der Waals surface area contributed by atoms with E-state index in [0.717, 1.165) is 19.3 Å². The summed E-state index contributed by atoms with van der Waals surface area (Å²) in [5, 5.41) is 9.00.